The number of thioether (sulfide) groups is 1. The van der Waals surface area contributed by atoms with E-state index in [1.165, 1.54) is 11.8 Å². The van der Waals surface area contributed by atoms with Gasteiger partial charge >= 0.3 is 5.97 Å². The summed E-state index contributed by atoms with van der Waals surface area (Å²) >= 11 is 1.38. The van der Waals surface area contributed by atoms with Crippen LogP contribution in [0.2, 0.25) is 0 Å². The summed E-state index contributed by atoms with van der Waals surface area (Å²) < 4.78 is 0. The molecule has 0 spiro atoms. The zero-order chi connectivity index (χ0) is 15.2. The Bertz CT molecular complexity index is 673. The summed E-state index contributed by atoms with van der Waals surface area (Å²) in [6.45, 7) is 0. The maximum atomic E-state index is 12.3. The molecule has 0 radical (unpaired) electrons. The first kappa shape index (κ1) is 15.1. The first-order valence-electron chi connectivity index (χ1n) is 6.22. The summed E-state index contributed by atoms with van der Waals surface area (Å²) in [4.78, 5) is 27.3. The van der Waals surface area contributed by atoms with Crippen molar-refractivity contribution < 1.29 is 14.7 Å². The molecule has 0 unspecified atom stereocenters. The molecule has 6 heteroatoms. The Morgan fingerprint density at radius 2 is 2.00 bits per heavy atom. The van der Waals surface area contributed by atoms with E-state index < -0.39 is 5.97 Å². The molecule has 0 aliphatic carbocycles. The van der Waals surface area contributed by atoms with Crippen LogP contribution in [0.3, 0.4) is 0 Å². The van der Waals surface area contributed by atoms with Crippen LogP contribution in [-0.2, 0) is 11.2 Å². The van der Waals surface area contributed by atoms with Gasteiger partial charge in [0, 0.05) is 11.9 Å². The fourth-order valence-electron chi connectivity index (χ4n) is 1.88. The smallest absolute Gasteiger partial charge is 0.307 e. The van der Waals surface area contributed by atoms with Crippen molar-refractivity contribution in [3.05, 3.63) is 53.7 Å². The van der Waals surface area contributed by atoms with Crippen molar-refractivity contribution >= 4 is 29.3 Å². The quantitative estimate of drug-likeness (QED) is 0.830. The van der Waals surface area contributed by atoms with Crippen LogP contribution < -0.4 is 5.32 Å². The lowest BCUT2D eigenvalue weighted by Gasteiger charge is -2.11. The third-order valence-electron chi connectivity index (χ3n) is 2.82. The van der Waals surface area contributed by atoms with Crippen LogP contribution in [0.5, 0.6) is 0 Å². The van der Waals surface area contributed by atoms with Gasteiger partial charge in [-0.1, -0.05) is 18.2 Å². The summed E-state index contributed by atoms with van der Waals surface area (Å²) in [6, 6.07) is 10.2. The van der Waals surface area contributed by atoms with Gasteiger partial charge in [0.2, 0.25) is 0 Å². The van der Waals surface area contributed by atoms with E-state index in [9.17, 15) is 9.59 Å². The minimum absolute atomic E-state index is 0.140. The van der Waals surface area contributed by atoms with E-state index in [4.69, 9.17) is 5.11 Å². The zero-order valence-corrected chi connectivity index (χ0v) is 12.2. The number of pyridine rings is 1. The summed E-state index contributed by atoms with van der Waals surface area (Å²) in [5.41, 5.74) is 1.53. The fourth-order valence-corrected chi connectivity index (χ4v) is 2.42. The molecule has 108 valence electrons. The van der Waals surface area contributed by atoms with E-state index >= 15 is 0 Å². The molecule has 0 atom stereocenters. The predicted molar refractivity (Wildman–Crippen MR) is 81.8 cm³/mol. The van der Waals surface area contributed by atoms with E-state index in [2.05, 4.69) is 10.3 Å². The number of hydrogen-bond acceptors (Lipinski definition) is 4. The van der Waals surface area contributed by atoms with E-state index in [-0.39, 0.29) is 12.3 Å². The molecule has 2 rings (SSSR count). The Labute approximate surface area is 126 Å². The summed E-state index contributed by atoms with van der Waals surface area (Å²) in [5, 5.41) is 12.3. The lowest BCUT2D eigenvalue weighted by Crippen LogP contribution is -2.15. The van der Waals surface area contributed by atoms with Gasteiger partial charge in [-0.15, -0.1) is 11.8 Å². The second-order valence-electron chi connectivity index (χ2n) is 4.24. The second-order valence-corrected chi connectivity index (χ2v) is 5.04. The highest BCUT2D eigenvalue weighted by atomic mass is 32.2. The SMILES string of the molecule is CSc1ncccc1C(=O)Nc1ccccc1CC(=O)O. The Morgan fingerprint density at radius 1 is 1.24 bits per heavy atom. The van der Waals surface area contributed by atoms with Crippen LogP contribution in [0.1, 0.15) is 15.9 Å². The van der Waals surface area contributed by atoms with Crippen LogP contribution in [-0.4, -0.2) is 28.2 Å². The third kappa shape index (κ3) is 3.82. The van der Waals surface area contributed by atoms with Crippen LogP contribution in [0.15, 0.2) is 47.6 Å². The number of aromatic nitrogens is 1. The minimum Gasteiger partial charge on any atom is -0.481 e. The average molecular weight is 302 g/mol. The van der Waals surface area contributed by atoms with Crippen molar-refractivity contribution in [2.24, 2.45) is 0 Å². The Morgan fingerprint density at radius 3 is 2.71 bits per heavy atom. The van der Waals surface area contributed by atoms with E-state index in [1.54, 1.807) is 42.6 Å². The van der Waals surface area contributed by atoms with Crippen molar-refractivity contribution in [2.45, 2.75) is 11.4 Å². The van der Waals surface area contributed by atoms with Crippen LogP contribution in [0.4, 0.5) is 5.69 Å². The molecule has 1 aromatic heterocycles. The number of para-hydroxylation sites is 1. The minimum atomic E-state index is -0.942. The maximum Gasteiger partial charge on any atom is 0.307 e. The number of benzene rings is 1. The van der Waals surface area contributed by atoms with Crippen LogP contribution in [0.25, 0.3) is 0 Å². The number of anilines is 1. The largest absolute Gasteiger partial charge is 0.481 e. The lowest BCUT2D eigenvalue weighted by atomic mass is 10.1. The topological polar surface area (TPSA) is 79.3 Å². The fraction of sp³-hybridized carbons (Fsp3) is 0.133. The average Bonchev–Trinajstić information content (AvgIpc) is 2.48. The van der Waals surface area contributed by atoms with Gasteiger partial charge in [0.05, 0.1) is 12.0 Å². The molecule has 1 heterocycles. The highest BCUT2D eigenvalue weighted by molar-refractivity contribution is 7.98. The molecular weight excluding hydrogens is 288 g/mol. The van der Waals surface area contributed by atoms with Crippen molar-refractivity contribution in [3.8, 4) is 0 Å². The molecular formula is C15H14N2O3S. The van der Waals surface area contributed by atoms with Gasteiger partial charge in [-0.25, -0.2) is 4.98 Å². The Kier molecular flexibility index (Phi) is 4.94. The molecule has 2 aromatic rings. The van der Waals surface area contributed by atoms with Crippen molar-refractivity contribution in [2.75, 3.05) is 11.6 Å². The molecule has 1 aromatic carbocycles. The number of carbonyl (C=O) groups is 2. The monoisotopic (exact) mass is 302 g/mol. The van der Waals surface area contributed by atoms with Gasteiger partial charge in [0.25, 0.3) is 5.91 Å². The van der Waals surface area contributed by atoms with Gasteiger partial charge in [-0.3, -0.25) is 9.59 Å². The number of carbonyl (C=O) groups excluding carboxylic acids is 1. The summed E-state index contributed by atoms with van der Waals surface area (Å²) in [7, 11) is 0. The number of aliphatic carboxylic acids is 1. The number of carboxylic acid groups (broad SMARTS) is 1. The number of rotatable bonds is 5. The van der Waals surface area contributed by atoms with Gasteiger partial charge < -0.3 is 10.4 Å². The zero-order valence-electron chi connectivity index (χ0n) is 11.4. The van der Waals surface area contributed by atoms with Crippen LogP contribution in [0, 0.1) is 0 Å². The van der Waals surface area contributed by atoms with Crippen molar-refractivity contribution in [1.29, 1.82) is 0 Å². The number of nitrogens with zero attached hydrogens (tertiary/aromatic N) is 1. The van der Waals surface area contributed by atoms with Crippen molar-refractivity contribution in [1.82, 2.24) is 4.98 Å². The molecule has 21 heavy (non-hydrogen) atoms. The van der Waals surface area contributed by atoms with Crippen molar-refractivity contribution in [3.63, 3.8) is 0 Å². The van der Waals surface area contributed by atoms with Crippen LogP contribution >= 0.6 is 11.8 Å². The van der Waals surface area contributed by atoms with Gasteiger partial charge in [-0.05, 0) is 30.0 Å². The molecule has 1 amide bonds. The molecule has 0 bridgehead atoms. The number of amides is 1. The van der Waals surface area contributed by atoms with Gasteiger partial charge in [0.1, 0.15) is 5.03 Å². The lowest BCUT2D eigenvalue weighted by molar-refractivity contribution is -0.136. The predicted octanol–water partition coefficient (Wildman–Crippen LogP) is 2.68. The second kappa shape index (κ2) is 6.90. The first-order valence-corrected chi connectivity index (χ1v) is 7.44. The van der Waals surface area contributed by atoms with Gasteiger partial charge in [-0.2, -0.15) is 0 Å². The van der Waals surface area contributed by atoms with E-state index in [1.807, 2.05) is 6.26 Å². The van der Waals surface area contributed by atoms with Gasteiger partial charge in [0.15, 0.2) is 0 Å². The maximum absolute atomic E-state index is 12.3. The molecule has 0 fully saturated rings. The van der Waals surface area contributed by atoms with E-state index in [0.29, 0.717) is 21.8 Å². The molecule has 0 aliphatic rings. The Balaban J connectivity index is 2.26. The molecule has 2 N–H and O–H groups in total. The number of nitrogens with one attached hydrogen (secondary N) is 1. The first-order chi connectivity index (χ1) is 10.1. The summed E-state index contributed by atoms with van der Waals surface area (Å²) in [6.07, 6.45) is 3.33. The molecule has 0 aliphatic heterocycles. The molecule has 0 saturated carbocycles. The highest BCUT2D eigenvalue weighted by Crippen LogP contribution is 2.20. The highest BCUT2D eigenvalue weighted by Gasteiger charge is 2.14. The third-order valence-corrected chi connectivity index (χ3v) is 3.53. The van der Waals surface area contributed by atoms with E-state index in [0.717, 1.165) is 0 Å². The standard InChI is InChI=1S/C15H14N2O3S/c1-21-15-11(6-4-8-16-15)14(20)17-12-7-3-2-5-10(12)9-13(18)19/h2-8H,9H2,1H3,(H,17,20)(H,18,19). The Hall–Kier alpha value is -2.34. The number of hydrogen-bond donors (Lipinski definition) is 2. The number of carboxylic acids is 1. The summed E-state index contributed by atoms with van der Waals surface area (Å²) in [5.74, 6) is -1.24. The normalized spacial score (nSPS) is 10.1. The molecule has 5 nitrogen and oxygen atoms in total. The molecule has 0 saturated heterocycles.